The van der Waals surface area contributed by atoms with Gasteiger partial charge in [-0.05, 0) is 50.0 Å². The number of benzene rings is 2. The predicted octanol–water partition coefficient (Wildman–Crippen LogP) is 4.80. The molecule has 3 aromatic rings. The van der Waals surface area contributed by atoms with E-state index in [1.165, 1.54) is 18.5 Å². The van der Waals surface area contributed by atoms with E-state index >= 15 is 0 Å². The average molecular weight is 479 g/mol. The van der Waals surface area contributed by atoms with Gasteiger partial charge in [0.25, 0.3) is 0 Å². The summed E-state index contributed by atoms with van der Waals surface area (Å²) in [4.78, 5) is 8.44. The van der Waals surface area contributed by atoms with Gasteiger partial charge >= 0.3 is 0 Å². The minimum atomic E-state index is -0.734. The minimum absolute atomic E-state index is 0.267. The van der Waals surface area contributed by atoms with Crippen LogP contribution in [0.15, 0.2) is 35.1 Å². The van der Waals surface area contributed by atoms with Gasteiger partial charge in [0.2, 0.25) is 0 Å². The first-order chi connectivity index (χ1) is 14.5. The van der Waals surface area contributed by atoms with E-state index in [1.54, 1.807) is 19.2 Å². The first kappa shape index (κ1) is 20.7. The van der Waals surface area contributed by atoms with Crippen molar-refractivity contribution in [3.63, 3.8) is 0 Å². The number of ether oxygens (including phenoxy) is 2. The van der Waals surface area contributed by atoms with Crippen LogP contribution in [0.3, 0.4) is 0 Å². The molecule has 6 nitrogen and oxygen atoms in total. The van der Waals surface area contributed by atoms with E-state index in [9.17, 15) is 8.78 Å². The molecule has 0 spiro atoms. The monoisotopic (exact) mass is 478 g/mol. The quantitative estimate of drug-likeness (QED) is 0.530. The lowest BCUT2D eigenvalue weighted by molar-refractivity contribution is 0.208. The smallest absolute Gasteiger partial charge is 0.163 e. The first-order valence-corrected chi connectivity index (χ1v) is 10.4. The Bertz CT molecular complexity index is 1040. The molecule has 0 radical (unpaired) electrons. The molecule has 0 aliphatic carbocycles. The zero-order valence-corrected chi connectivity index (χ0v) is 17.9. The molecule has 1 aliphatic heterocycles. The molecule has 2 heterocycles. The number of fused-ring (bicyclic) bond motifs is 1. The van der Waals surface area contributed by atoms with Gasteiger partial charge < -0.3 is 20.1 Å². The van der Waals surface area contributed by atoms with Gasteiger partial charge in [-0.25, -0.2) is 18.7 Å². The summed E-state index contributed by atoms with van der Waals surface area (Å²) >= 11 is 3.08. The number of hydrogen-bond donors (Lipinski definition) is 2. The molecule has 0 unspecified atom stereocenters. The third kappa shape index (κ3) is 4.46. The largest absolute Gasteiger partial charge is 0.493 e. The molecule has 1 fully saturated rings. The summed E-state index contributed by atoms with van der Waals surface area (Å²) in [6, 6.07) is 5.84. The first-order valence-electron chi connectivity index (χ1n) is 9.63. The van der Waals surface area contributed by atoms with Crippen molar-refractivity contribution < 1.29 is 18.3 Å². The zero-order chi connectivity index (χ0) is 21.1. The number of piperidine rings is 1. The highest BCUT2D eigenvalue weighted by Gasteiger charge is 2.18. The Labute approximate surface area is 181 Å². The summed E-state index contributed by atoms with van der Waals surface area (Å²) in [6.45, 7) is 2.58. The van der Waals surface area contributed by atoms with Crippen LogP contribution in [0.5, 0.6) is 11.5 Å². The fraction of sp³-hybridized carbons (Fsp3) is 0.333. The minimum Gasteiger partial charge on any atom is -0.493 e. The summed E-state index contributed by atoms with van der Waals surface area (Å²) in [5.74, 6) is 0.367. The van der Waals surface area contributed by atoms with Gasteiger partial charge in [-0.15, -0.1) is 0 Å². The Morgan fingerprint density at radius 1 is 1.10 bits per heavy atom. The molecule has 2 aromatic carbocycles. The third-order valence-corrected chi connectivity index (χ3v) is 5.56. The van der Waals surface area contributed by atoms with Crippen molar-refractivity contribution in [1.29, 1.82) is 0 Å². The number of nitrogens with one attached hydrogen (secondary N) is 2. The highest BCUT2D eigenvalue weighted by molar-refractivity contribution is 9.10. The molecular formula is C21H21BrF2N4O2. The Morgan fingerprint density at radius 2 is 1.83 bits per heavy atom. The van der Waals surface area contributed by atoms with Crippen molar-refractivity contribution in [2.45, 2.75) is 12.8 Å². The highest BCUT2D eigenvalue weighted by atomic mass is 79.9. The standard InChI is InChI=1S/C21H21BrF2N4O2/c1-29-18-8-14-17(9-19(18)30-10-12-2-4-25-5-3-12)26-11-27-21(14)28-20-15(23)6-13(22)7-16(20)24/h6-9,11-12,25H,2-5,10H2,1H3,(H,26,27,28). The molecule has 1 aliphatic rings. The van der Waals surface area contributed by atoms with E-state index in [0.717, 1.165) is 25.9 Å². The zero-order valence-electron chi connectivity index (χ0n) is 16.3. The van der Waals surface area contributed by atoms with Gasteiger partial charge in [0.05, 0.1) is 19.2 Å². The Kier molecular flexibility index (Phi) is 6.29. The van der Waals surface area contributed by atoms with E-state index < -0.39 is 11.6 Å². The fourth-order valence-electron chi connectivity index (χ4n) is 3.47. The molecular weight excluding hydrogens is 458 g/mol. The third-order valence-electron chi connectivity index (χ3n) is 5.10. The van der Waals surface area contributed by atoms with Gasteiger partial charge in [0.15, 0.2) is 23.1 Å². The highest BCUT2D eigenvalue weighted by Crippen LogP contribution is 2.36. The number of rotatable bonds is 6. The molecule has 2 N–H and O–H groups in total. The fourth-order valence-corrected chi connectivity index (χ4v) is 3.87. The topological polar surface area (TPSA) is 68.3 Å². The van der Waals surface area contributed by atoms with Gasteiger partial charge in [-0.3, -0.25) is 0 Å². The summed E-state index contributed by atoms with van der Waals surface area (Å²) in [7, 11) is 1.55. The number of halogens is 3. The van der Waals surface area contributed by atoms with Crippen molar-refractivity contribution in [2.24, 2.45) is 5.92 Å². The maximum atomic E-state index is 14.3. The van der Waals surface area contributed by atoms with E-state index in [4.69, 9.17) is 9.47 Å². The van der Waals surface area contributed by atoms with Crippen LogP contribution in [0, 0.1) is 17.6 Å². The predicted molar refractivity (Wildman–Crippen MR) is 115 cm³/mol. The number of methoxy groups -OCH3 is 1. The van der Waals surface area contributed by atoms with Crippen LogP contribution >= 0.6 is 15.9 Å². The maximum Gasteiger partial charge on any atom is 0.163 e. The van der Waals surface area contributed by atoms with Crippen molar-refractivity contribution in [3.8, 4) is 11.5 Å². The Balaban J connectivity index is 1.64. The SMILES string of the molecule is COc1cc2c(Nc3c(F)cc(Br)cc3F)ncnc2cc1OCC1CCNCC1. The number of nitrogens with zero attached hydrogens (tertiary/aromatic N) is 2. The Morgan fingerprint density at radius 3 is 2.53 bits per heavy atom. The van der Waals surface area contributed by atoms with Crippen molar-refractivity contribution in [3.05, 3.63) is 46.7 Å². The second kappa shape index (κ2) is 9.09. The van der Waals surface area contributed by atoms with Crippen LogP contribution in [0.25, 0.3) is 10.9 Å². The molecule has 9 heteroatoms. The molecule has 0 bridgehead atoms. The number of hydrogen-bond acceptors (Lipinski definition) is 6. The van der Waals surface area contributed by atoms with Crippen LogP contribution in [0.4, 0.5) is 20.3 Å². The Hall–Kier alpha value is -2.52. The molecule has 30 heavy (non-hydrogen) atoms. The van der Waals surface area contributed by atoms with E-state index in [0.29, 0.717) is 39.4 Å². The van der Waals surface area contributed by atoms with Gasteiger partial charge in [0.1, 0.15) is 17.8 Å². The van der Waals surface area contributed by atoms with Crippen molar-refractivity contribution in [2.75, 3.05) is 32.1 Å². The van der Waals surface area contributed by atoms with E-state index in [-0.39, 0.29) is 11.5 Å². The second-order valence-electron chi connectivity index (χ2n) is 7.12. The summed E-state index contributed by atoms with van der Waals surface area (Å²) in [6.07, 6.45) is 3.47. The number of anilines is 2. The van der Waals surface area contributed by atoms with Gasteiger partial charge in [-0.2, -0.15) is 0 Å². The van der Waals surface area contributed by atoms with Crippen molar-refractivity contribution >= 4 is 38.3 Å². The van der Waals surface area contributed by atoms with Gasteiger partial charge in [0, 0.05) is 15.9 Å². The molecule has 158 valence electrons. The molecule has 0 saturated carbocycles. The summed E-state index contributed by atoms with van der Waals surface area (Å²) in [5.41, 5.74) is 0.287. The lowest BCUT2D eigenvalue weighted by atomic mass is 9.99. The molecule has 0 amide bonds. The van der Waals surface area contributed by atoms with Gasteiger partial charge in [-0.1, -0.05) is 15.9 Å². The molecule has 0 atom stereocenters. The van der Waals surface area contributed by atoms with E-state index in [1.807, 2.05) is 0 Å². The van der Waals surface area contributed by atoms with Crippen LogP contribution in [-0.4, -0.2) is 36.8 Å². The van der Waals surface area contributed by atoms with Crippen LogP contribution in [0.2, 0.25) is 0 Å². The van der Waals surface area contributed by atoms with Crippen LogP contribution < -0.4 is 20.1 Å². The lowest BCUT2D eigenvalue weighted by Gasteiger charge is -2.23. The lowest BCUT2D eigenvalue weighted by Crippen LogP contribution is -2.30. The summed E-state index contributed by atoms with van der Waals surface area (Å²) < 4.78 is 40.3. The van der Waals surface area contributed by atoms with Crippen LogP contribution in [-0.2, 0) is 0 Å². The molecule has 4 rings (SSSR count). The number of aromatic nitrogens is 2. The molecule has 1 aromatic heterocycles. The maximum absolute atomic E-state index is 14.3. The van der Waals surface area contributed by atoms with E-state index in [2.05, 4.69) is 36.5 Å². The molecule has 1 saturated heterocycles. The van der Waals surface area contributed by atoms with Crippen molar-refractivity contribution in [1.82, 2.24) is 15.3 Å². The van der Waals surface area contributed by atoms with Crippen LogP contribution in [0.1, 0.15) is 12.8 Å². The average Bonchev–Trinajstić information content (AvgIpc) is 2.74. The normalized spacial score (nSPS) is 14.7. The summed E-state index contributed by atoms with van der Waals surface area (Å²) in [5, 5.41) is 6.64. The second-order valence-corrected chi connectivity index (χ2v) is 8.03.